The predicted molar refractivity (Wildman–Crippen MR) is 120 cm³/mol. The summed E-state index contributed by atoms with van der Waals surface area (Å²) >= 11 is 0. The second kappa shape index (κ2) is 11.2. The van der Waals surface area contributed by atoms with Gasteiger partial charge in [-0.05, 0) is 23.1 Å². The zero-order valence-electron chi connectivity index (χ0n) is 17.7. The van der Waals surface area contributed by atoms with Gasteiger partial charge >= 0.3 is 0 Å². The number of aliphatic hydroxyl groups excluding tert-OH is 1. The van der Waals surface area contributed by atoms with Gasteiger partial charge in [0.2, 0.25) is 0 Å². The van der Waals surface area contributed by atoms with Gasteiger partial charge in [0.05, 0.1) is 32.0 Å². The van der Waals surface area contributed by atoms with Crippen LogP contribution in [0.5, 0.6) is 0 Å². The fourth-order valence-electron chi connectivity index (χ4n) is 4.13. The minimum absolute atomic E-state index is 0.0229. The minimum atomic E-state index is -0.246. The van der Waals surface area contributed by atoms with Crippen molar-refractivity contribution in [1.29, 1.82) is 0 Å². The predicted octanol–water partition coefficient (Wildman–Crippen LogP) is 4.75. The molecule has 1 aliphatic rings. The van der Waals surface area contributed by atoms with Gasteiger partial charge in [0, 0.05) is 12.5 Å². The van der Waals surface area contributed by atoms with E-state index in [0.717, 1.165) is 16.7 Å². The van der Waals surface area contributed by atoms with Gasteiger partial charge in [-0.1, -0.05) is 91.0 Å². The molecule has 1 aliphatic carbocycles. The molecule has 4 rings (SSSR count). The van der Waals surface area contributed by atoms with Crippen LogP contribution in [0.3, 0.4) is 0 Å². The Morgan fingerprint density at radius 1 is 0.581 bits per heavy atom. The first-order valence-electron chi connectivity index (χ1n) is 10.9. The second-order valence-corrected chi connectivity index (χ2v) is 8.04. The van der Waals surface area contributed by atoms with Crippen LogP contribution in [0.25, 0.3) is 0 Å². The van der Waals surface area contributed by atoms with Crippen molar-refractivity contribution >= 4 is 0 Å². The van der Waals surface area contributed by atoms with Gasteiger partial charge in [0.1, 0.15) is 6.10 Å². The Balaban J connectivity index is 1.46. The van der Waals surface area contributed by atoms with Gasteiger partial charge in [-0.2, -0.15) is 0 Å². The van der Waals surface area contributed by atoms with E-state index in [1.807, 2.05) is 66.7 Å². The monoisotopic (exact) mass is 418 g/mol. The van der Waals surface area contributed by atoms with E-state index >= 15 is 0 Å². The lowest BCUT2D eigenvalue weighted by Gasteiger charge is -2.27. The maximum absolute atomic E-state index is 10.0. The smallest absolute Gasteiger partial charge is 0.111 e. The third-order valence-electron chi connectivity index (χ3n) is 5.80. The number of rotatable bonds is 10. The molecule has 0 saturated heterocycles. The molecule has 4 nitrogen and oxygen atoms in total. The van der Waals surface area contributed by atoms with Gasteiger partial charge in [-0.15, -0.1) is 0 Å². The molecule has 0 bridgehead atoms. The molecule has 162 valence electrons. The molecule has 0 radical (unpaired) electrons. The SMILES string of the molecule is OC[C@H]1C[C@H](OCc2ccccc2)[C@@H](OCc2ccccc2)[C@@H]1OCc1ccccc1. The number of benzene rings is 3. The number of aliphatic hydroxyl groups is 1. The summed E-state index contributed by atoms with van der Waals surface area (Å²) in [6, 6.07) is 30.4. The lowest BCUT2D eigenvalue weighted by Crippen LogP contribution is -2.37. The summed E-state index contributed by atoms with van der Waals surface area (Å²) in [4.78, 5) is 0. The van der Waals surface area contributed by atoms with E-state index in [-0.39, 0.29) is 30.8 Å². The lowest BCUT2D eigenvalue weighted by atomic mass is 10.1. The Kier molecular flexibility index (Phi) is 7.86. The molecule has 1 fully saturated rings. The van der Waals surface area contributed by atoms with Crippen LogP contribution in [0.4, 0.5) is 0 Å². The van der Waals surface area contributed by atoms with Crippen LogP contribution >= 0.6 is 0 Å². The van der Waals surface area contributed by atoms with Crippen LogP contribution in [-0.2, 0) is 34.0 Å². The van der Waals surface area contributed by atoms with Crippen LogP contribution < -0.4 is 0 Å². The Morgan fingerprint density at radius 3 is 1.45 bits per heavy atom. The Hall–Kier alpha value is -2.50. The molecule has 0 aromatic heterocycles. The first kappa shape index (κ1) is 21.7. The maximum atomic E-state index is 10.0. The van der Waals surface area contributed by atoms with Gasteiger partial charge in [-0.3, -0.25) is 0 Å². The van der Waals surface area contributed by atoms with Crippen molar-refractivity contribution in [2.24, 2.45) is 5.92 Å². The van der Waals surface area contributed by atoms with Crippen molar-refractivity contribution in [3.63, 3.8) is 0 Å². The number of hydrogen-bond acceptors (Lipinski definition) is 4. The van der Waals surface area contributed by atoms with E-state index in [9.17, 15) is 5.11 Å². The zero-order chi connectivity index (χ0) is 21.3. The Bertz CT molecular complexity index is 885. The molecular formula is C27H30O4. The van der Waals surface area contributed by atoms with Gasteiger partial charge in [0.15, 0.2) is 0 Å². The van der Waals surface area contributed by atoms with Gasteiger partial charge in [0.25, 0.3) is 0 Å². The summed E-state index contributed by atoms with van der Waals surface area (Å²) in [5.74, 6) is -0.0229. The molecule has 0 unspecified atom stereocenters. The van der Waals surface area contributed by atoms with Crippen LogP contribution in [0.2, 0.25) is 0 Å². The molecule has 3 aromatic carbocycles. The molecule has 0 aliphatic heterocycles. The number of hydrogen-bond donors (Lipinski definition) is 1. The van der Waals surface area contributed by atoms with Crippen molar-refractivity contribution in [1.82, 2.24) is 0 Å². The van der Waals surface area contributed by atoms with Gasteiger partial charge in [-0.25, -0.2) is 0 Å². The fraction of sp³-hybridized carbons (Fsp3) is 0.333. The van der Waals surface area contributed by atoms with E-state index in [0.29, 0.717) is 26.2 Å². The molecule has 3 aromatic rings. The first-order chi connectivity index (χ1) is 15.3. The third-order valence-corrected chi connectivity index (χ3v) is 5.80. The molecule has 0 heterocycles. The van der Waals surface area contributed by atoms with E-state index in [4.69, 9.17) is 14.2 Å². The Labute approximate surface area is 184 Å². The molecule has 4 atom stereocenters. The van der Waals surface area contributed by atoms with Crippen molar-refractivity contribution < 1.29 is 19.3 Å². The van der Waals surface area contributed by atoms with Crippen molar-refractivity contribution in [3.05, 3.63) is 108 Å². The highest BCUT2D eigenvalue weighted by Gasteiger charge is 2.45. The molecule has 1 saturated carbocycles. The third kappa shape index (κ3) is 6.02. The lowest BCUT2D eigenvalue weighted by molar-refractivity contribution is -0.128. The van der Waals surface area contributed by atoms with E-state index < -0.39 is 0 Å². The maximum Gasteiger partial charge on any atom is 0.111 e. The normalized spacial score (nSPS) is 23.1. The highest BCUT2D eigenvalue weighted by atomic mass is 16.6. The standard InChI is InChI=1S/C27H30O4/c28-17-24-16-25(29-18-21-10-4-1-5-11-21)27(31-20-23-14-8-3-9-15-23)26(24)30-19-22-12-6-2-7-13-22/h1-15,24-28H,16-20H2/t24-,25+,26-,27-/m1/s1. The minimum Gasteiger partial charge on any atom is -0.396 e. The average molecular weight is 419 g/mol. The fourth-order valence-corrected chi connectivity index (χ4v) is 4.13. The first-order valence-corrected chi connectivity index (χ1v) is 10.9. The average Bonchev–Trinajstić information content (AvgIpc) is 3.18. The highest BCUT2D eigenvalue weighted by Crippen LogP contribution is 2.35. The molecular weight excluding hydrogens is 388 g/mol. The van der Waals surface area contributed by atoms with Crippen LogP contribution in [0.1, 0.15) is 23.1 Å². The van der Waals surface area contributed by atoms with E-state index in [1.165, 1.54) is 0 Å². The summed E-state index contributed by atoms with van der Waals surface area (Å²) < 4.78 is 19.0. The zero-order valence-corrected chi connectivity index (χ0v) is 17.7. The largest absolute Gasteiger partial charge is 0.396 e. The summed E-state index contributed by atoms with van der Waals surface area (Å²) in [6.45, 7) is 1.54. The van der Waals surface area contributed by atoms with Crippen molar-refractivity contribution in [2.45, 2.75) is 44.6 Å². The van der Waals surface area contributed by atoms with Crippen LogP contribution in [0, 0.1) is 5.92 Å². The van der Waals surface area contributed by atoms with Crippen LogP contribution in [0.15, 0.2) is 91.0 Å². The van der Waals surface area contributed by atoms with Crippen molar-refractivity contribution in [2.75, 3.05) is 6.61 Å². The molecule has 1 N–H and O–H groups in total. The summed E-state index contributed by atoms with van der Waals surface area (Å²) in [6.07, 6.45) is 0.101. The second-order valence-electron chi connectivity index (χ2n) is 8.04. The molecule has 0 amide bonds. The summed E-state index contributed by atoms with van der Waals surface area (Å²) in [7, 11) is 0. The van der Waals surface area contributed by atoms with Crippen molar-refractivity contribution in [3.8, 4) is 0 Å². The Morgan fingerprint density at radius 2 is 1.00 bits per heavy atom. The molecule has 4 heteroatoms. The van der Waals surface area contributed by atoms with Gasteiger partial charge < -0.3 is 19.3 Å². The number of ether oxygens (including phenoxy) is 3. The molecule has 31 heavy (non-hydrogen) atoms. The quantitative estimate of drug-likeness (QED) is 0.516. The topological polar surface area (TPSA) is 47.9 Å². The summed E-state index contributed by atoms with van der Waals surface area (Å²) in [5, 5.41) is 10.0. The van der Waals surface area contributed by atoms with E-state index in [1.54, 1.807) is 0 Å². The van der Waals surface area contributed by atoms with E-state index in [2.05, 4.69) is 24.3 Å². The van der Waals surface area contributed by atoms with Crippen LogP contribution in [-0.4, -0.2) is 30.0 Å². The highest BCUT2D eigenvalue weighted by molar-refractivity contribution is 5.15. The summed E-state index contributed by atoms with van der Waals surface area (Å²) in [5.41, 5.74) is 3.34. The molecule has 0 spiro atoms.